The summed E-state index contributed by atoms with van der Waals surface area (Å²) in [7, 11) is 0. The van der Waals surface area contributed by atoms with Gasteiger partial charge in [-0.3, -0.25) is 0 Å². The fraction of sp³-hybridized carbons (Fsp3) is 0.381. The van der Waals surface area contributed by atoms with E-state index in [1.165, 1.54) is 18.4 Å². The molecule has 0 aromatic heterocycles. The van der Waals surface area contributed by atoms with Crippen LogP contribution in [0.5, 0.6) is 5.75 Å². The largest absolute Gasteiger partial charge is 0.491 e. The maximum absolute atomic E-state index is 5.68. The Bertz CT molecular complexity index is 692. The Morgan fingerprint density at radius 1 is 1.00 bits per heavy atom. The fourth-order valence-electron chi connectivity index (χ4n) is 3.49. The van der Waals surface area contributed by atoms with E-state index in [2.05, 4.69) is 41.0 Å². The topological polar surface area (TPSA) is 33.3 Å². The molecule has 132 valence electrons. The van der Waals surface area contributed by atoms with Crippen LogP contribution in [-0.4, -0.2) is 11.2 Å². The van der Waals surface area contributed by atoms with E-state index in [0.29, 0.717) is 5.11 Å². The van der Waals surface area contributed by atoms with Crippen molar-refractivity contribution in [3.63, 3.8) is 0 Å². The van der Waals surface area contributed by atoms with E-state index < -0.39 is 0 Å². The average Bonchev–Trinajstić information content (AvgIpc) is 3.06. The number of hydrogen-bond acceptors (Lipinski definition) is 2. The van der Waals surface area contributed by atoms with Crippen molar-refractivity contribution in [2.75, 3.05) is 5.32 Å². The number of anilines is 1. The average molecular weight is 355 g/mol. The summed E-state index contributed by atoms with van der Waals surface area (Å²) in [5, 5.41) is 7.57. The SMILES string of the molecule is CC(C)Oc1ccc(NC(=S)NC2(c3ccccc3)CCCC2)cc1. The highest BCUT2D eigenvalue weighted by molar-refractivity contribution is 7.80. The minimum atomic E-state index is -0.0496. The molecule has 2 aromatic carbocycles. The van der Waals surface area contributed by atoms with Crippen molar-refractivity contribution in [1.82, 2.24) is 5.32 Å². The number of hydrogen-bond donors (Lipinski definition) is 2. The molecule has 1 aliphatic rings. The van der Waals surface area contributed by atoms with Gasteiger partial charge >= 0.3 is 0 Å². The summed E-state index contributed by atoms with van der Waals surface area (Å²) in [6.07, 6.45) is 4.85. The van der Waals surface area contributed by atoms with Gasteiger partial charge in [-0.1, -0.05) is 43.2 Å². The molecule has 0 unspecified atom stereocenters. The first-order chi connectivity index (χ1) is 12.1. The number of nitrogens with one attached hydrogen (secondary N) is 2. The molecule has 3 nitrogen and oxygen atoms in total. The lowest BCUT2D eigenvalue weighted by molar-refractivity contribution is 0.242. The van der Waals surface area contributed by atoms with Crippen molar-refractivity contribution < 1.29 is 4.74 Å². The van der Waals surface area contributed by atoms with Crippen LogP contribution in [-0.2, 0) is 5.54 Å². The zero-order valence-corrected chi connectivity index (χ0v) is 15.7. The van der Waals surface area contributed by atoms with Crippen LogP contribution in [0.25, 0.3) is 0 Å². The Balaban J connectivity index is 1.66. The van der Waals surface area contributed by atoms with Crippen molar-refractivity contribution >= 4 is 23.0 Å². The molecule has 2 N–H and O–H groups in total. The van der Waals surface area contributed by atoms with Crippen LogP contribution in [0.15, 0.2) is 54.6 Å². The Kier molecular flexibility index (Phi) is 5.59. The zero-order chi connectivity index (χ0) is 17.7. The van der Waals surface area contributed by atoms with Crippen molar-refractivity contribution in [1.29, 1.82) is 0 Å². The third kappa shape index (κ3) is 4.51. The molecule has 1 aliphatic carbocycles. The molecule has 0 atom stereocenters. The smallest absolute Gasteiger partial charge is 0.171 e. The molecule has 3 rings (SSSR count). The molecule has 1 fully saturated rings. The summed E-state index contributed by atoms with van der Waals surface area (Å²) in [5.74, 6) is 0.871. The number of thiocarbonyl (C=S) groups is 1. The Hall–Kier alpha value is -2.07. The molecule has 25 heavy (non-hydrogen) atoms. The van der Waals surface area contributed by atoms with Gasteiger partial charge < -0.3 is 15.4 Å². The lowest BCUT2D eigenvalue weighted by Gasteiger charge is -2.32. The second-order valence-electron chi connectivity index (χ2n) is 6.93. The molecule has 0 saturated heterocycles. The van der Waals surface area contributed by atoms with Gasteiger partial charge in [-0.2, -0.15) is 0 Å². The van der Waals surface area contributed by atoms with Crippen LogP contribution in [0.1, 0.15) is 45.1 Å². The van der Waals surface area contributed by atoms with Gasteiger partial charge in [-0.25, -0.2) is 0 Å². The van der Waals surface area contributed by atoms with Crippen molar-refractivity contribution in [2.24, 2.45) is 0 Å². The first kappa shape index (κ1) is 17.7. The minimum absolute atomic E-state index is 0.0496. The lowest BCUT2D eigenvalue weighted by Crippen LogP contribution is -2.45. The van der Waals surface area contributed by atoms with E-state index in [9.17, 15) is 0 Å². The third-order valence-corrected chi connectivity index (χ3v) is 4.82. The van der Waals surface area contributed by atoms with Gasteiger partial charge in [0.25, 0.3) is 0 Å². The molecule has 1 saturated carbocycles. The van der Waals surface area contributed by atoms with Gasteiger partial charge in [0.15, 0.2) is 5.11 Å². The van der Waals surface area contributed by atoms with Crippen LogP contribution in [0.4, 0.5) is 5.69 Å². The zero-order valence-electron chi connectivity index (χ0n) is 14.9. The van der Waals surface area contributed by atoms with E-state index in [1.54, 1.807) is 0 Å². The van der Waals surface area contributed by atoms with Crippen molar-refractivity contribution in [3.05, 3.63) is 60.2 Å². The highest BCUT2D eigenvalue weighted by Crippen LogP contribution is 2.38. The van der Waals surface area contributed by atoms with Crippen molar-refractivity contribution in [3.8, 4) is 5.75 Å². The van der Waals surface area contributed by atoms with E-state index in [-0.39, 0.29) is 11.6 Å². The minimum Gasteiger partial charge on any atom is -0.491 e. The molecule has 0 aliphatic heterocycles. The van der Waals surface area contributed by atoms with Crippen LogP contribution in [0, 0.1) is 0 Å². The second kappa shape index (κ2) is 7.87. The van der Waals surface area contributed by atoms with E-state index in [1.807, 2.05) is 38.1 Å². The first-order valence-electron chi connectivity index (χ1n) is 8.99. The monoisotopic (exact) mass is 354 g/mol. The van der Waals surface area contributed by atoms with E-state index in [0.717, 1.165) is 24.3 Å². The quantitative estimate of drug-likeness (QED) is 0.720. The summed E-state index contributed by atoms with van der Waals surface area (Å²) in [6.45, 7) is 4.05. The van der Waals surface area contributed by atoms with Crippen LogP contribution in [0.2, 0.25) is 0 Å². The predicted molar refractivity (Wildman–Crippen MR) is 108 cm³/mol. The highest BCUT2D eigenvalue weighted by atomic mass is 32.1. The normalized spacial score (nSPS) is 15.8. The maximum atomic E-state index is 5.68. The first-order valence-corrected chi connectivity index (χ1v) is 9.40. The van der Waals surface area contributed by atoms with Gasteiger partial charge in [0, 0.05) is 5.69 Å². The number of benzene rings is 2. The highest BCUT2D eigenvalue weighted by Gasteiger charge is 2.36. The molecule has 0 amide bonds. The predicted octanol–water partition coefficient (Wildman–Crippen LogP) is 5.23. The molecule has 2 aromatic rings. The number of rotatable bonds is 5. The summed E-state index contributed by atoms with van der Waals surface area (Å²) in [5.41, 5.74) is 2.23. The molecule has 0 spiro atoms. The van der Waals surface area contributed by atoms with Crippen LogP contribution >= 0.6 is 12.2 Å². The molecule has 4 heteroatoms. The van der Waals surface area contributed by atoms with Gasteiger partial charge in [-0.15, -0.1) is 0 Å². The lowest BCUT2D eigenvalue weighted by atomic mass is 9.88. The fourth-order valence-corrected chi connectivity index (χ4v) is 3.80. The number of ether oxygens (including phenoxy) is 1. The molecule has 0 heterocycles. The third-order valence-electron chi connectivity index (χ3n) is 4.62. The molecular formula is C21H26N2OS. The van der Waals surface area contributed by atoms with Gasteiger partial charge in [0.2, 0.25) is 0 Å². The Morgan fingerprint density at radius 3 is 2.24 bits per heavy atom. The maximum Gasteiger partial charge on any atom is 0.171 e. The van der Waals surface area contributed by atoms with Crippen LogP contribution < -0.4 is 15.4 Å². The van der Waals surface area contributed by atoms with E-state index in [4.69, 9.17) is 17.0 Å². The summed E-state index contributed by atoms with van der Waals surface area (Å²) < 4.78 is 5.68. The molecule has 0 bridgehead atoms. The molecular weight excluding hydrogens is 328 g/mol. The standard InChI is InChI=1S/C21H26N2OS/c1-16(2)24-19-12-10-18(11-13-19)22-20(25)23-21(14-6-7-15-21)17-8-4-3-5-9-17/h3-5,8-13,16H,6-7,14-15H2,1-2H3,(H2,22,23,25). The summed E-state index contributed by atoms with van der Waals surface area (Å²) in [6, 6.07) is 18.6. The van der Waals surface area contributed by atoms with Gasteiger partial charge in [0.1, 0.15) is 5.75 Å². The van der Waals surface area contributed by atoms with E-state index >= 15 is 0 Å². The molecule has 0 radical (unpaired) electrons. The van der Waals surface area contributed by atoms with Crippen LogP contribution in [0.3, 0.4) is 0 Å². The summed E-state index contributed by atoms with van der Waals surface area (Å²) >= 11 is 5.59. The Morgan fingerprint density at radius 2 is 1.64 bits per heavy atom. The Labute approximate surface area is 155 Å². The second-order valence-corrected chi connectivity index (χ2v) is 7.33. The summed E-state index contributed by atoms with van der Waals surface area (Å²) in [4.78, 5) is 0. The van der Waals surface area contributed by atoms with Crippen molar-refractivity contribution in [2.45, 2.75) is 51.2 Å². The van der Waals surface area contributed by atoms with Gasteiger partial charge in [0.05, 0.1) is 11.6 Å². The van der Waals surface area contributed by atoms with Gasteiger partial charge in [-0.05, 0) is 68.7 Å².